The molecule has 0 amide bonds. The third kappa shape index (κ3) is 6.04. The highest BCUT2D eigenvalue weighted by atomic mass is 35.5. The summed E-state index contributed by atoms with van der Waals surface area (Å²) in [5.74, 6) is -0.493. The summed E-state index contributed by atoms with van der Waals surface area (Å²) in [6, 6.07) is 24.1. The van der Waals surface area contributed by atoms with Crippen molar-refractivity contribution >= 4 is 23.5 Å². The molecule has 1 aliphatic carbocycles. The standard InChI is InChI=1S/C30H27ClO6/c31-22-7-4-8-24(15-22)35-18-23(32)13-14-25-26-16-29(33)36-28(26)17-27(25)37-30(34)21-11-9-20(10-12-21)19-5-2-1-3-6-19/h1-15,23,25-28,32H,16-18H2/b14-13-/t23-,25-,26+,27+,28+/m1/s1. The second-order valence-corrected chi connectivity index (χ2v) is 9.75. The highest BCUT2D eigenvalue weighted by Gasteiger charge is 2.50. The second kappa shape index (κ2) is 11.2. The molecule has 0 bridgehead atoms. The summed E-state index contributed by atoms with van der Waals surface area (Å²) in [5.41, 5.74) is 2.52. The molecule has 3 aromatic carbocycles. The van der Waals surface area contributed by atoms with Gasteiger partial charge < -0.3 is 19.3 Å². The van der Waals surface area contributed by atoms with Crippen molar-refractivity contribution in [2.24, 2.45) is 11.8 Å². The third-order valence-corrected chi connectivity index (χ3v) is 7.04. The van der Waals surface area contributed by atoms with Crippen LogP contribution in [0.25, 0.3) is 11.1 Å². The first kappa shape index (κ1) is 25.1. The molecule has 190 valence electrons. The molecule has 1 aliphatic heterocycles. The molecule has 5 rings (SSSR count). The van der Waals surface area contributed by atoms with Gasteiger partial charge >= 0.3 is 11.9 Å². The van der Waals surface area contributed by atoms with Crippen LogP contribution in [0.15, 0.2) is 91.0 Å². The topological polar surface area (TPSA) is 82.1 Å². The summed E-state index contributed by atoms with van der Waals surface area (Å²) >= 11 is 5.97. The number of halogens is 1. The molecule has 0 unspecified atom stereocenters. The zero-order chi connectivity index (χ0) is 25.8. The first-order valence-corrected chi connectivity index (χ1v) is 12.6. The van der Waals surface area contributed by atoms with Crippen LogP contribution in [0.3, 0.4) is 0 Å². The number of hydrogen-bond donors (Lipinski definition) is 1. The molecule has 0 aromatic heterocycles. The third-order valence-electron chi connectivity index (χ3n) is 6.81. The molecule has 6 nitrogen and oxygen atoms in total. The maximum Gasteiger partial charge on any atom is 0.338 e. The van der Waals surface area contributed by atoms with E-state index >= 15 is 0 Å². The summed E-state index contributed by atoms with van der Waals surface area (Å²) < 4.78 is 17.0. The number of fused-ring (bicyclic) bond motifs is 1. The Labute approximate surface area is 220 Å². The highest BCUT2D eigenvalue weighted by Crippen LogP contribution is 2.43. The quantitative estimate of drug-likeness (QED) is 0.314. The van der Waals surface area contributed by atoms with Gasteiger partial charge in [-0.05, 0) is 41.5 Å². The SMILES string of the molecule is O=C1C[C@H]2[C@@H](/C=C\[C@@H](O)COc3cccc(Cl)c3)[C@@H](OC(=O)c3ccc(-c4ccccc4)cc3)C[C@@H]2O1. The molecule has 37 heavy (non-hydrogen) atoms. The predicted octanol–water partition coefficient (Wildman–Crippen LogP) is 5.48. The molecule has 2 aliphatic rings. The smallest absolute Gasteiger partial charge is 0.338 e. The zero-order valence-electron chi connectivity index (χ0n) is 20.0. The molecule has 2 fully saturated rings. The minimum Gasteiger partial charge on any atom is -0.491 e. The van der Waals surface area contributed by atoms with Crippen molar-refractivity contribution < 1.29 is 28.9 Å². The molecule has 0 radical (unpaired) electrons. The summed E-state index contributed by atoms with van der Waals surface area (Å²) in [4.78, 5) is 24.9. The fraction of sp³-hybridized carbons (Fsp3) is 0.267. The van der Waals surface area contributed by atoms with Crippen molar-refractivity contribution in [1.29, 1.82) is 0 Å². The Balaban J connectivity index is 1.24. The second-order valence-electron chi connectivity index (χ2n) is 9.32. The number of ether oxygens (including phenoxy) is 3. The number of carbonyl (C=O) groups is 2. The van der Waals surface area contributed by atoms with Crippen LogP contribution in [0.2, 0.25) is 5.02 Å². The van der Waals surface area contributed by atoms with Crippen LogP contribution in [0.4, 0.5) is 0 Å². The molecular weight excluding hydrogens is 492 g/mol. The van der Waals surface area contributed by atoms with E-state index in [2.05, 4.69) is 0 Å². The van der Waals surface area contributed by atoms with Crippen LogP contribution in [0.1, 0.15) is 23.2 Å². The Morgan fingerprint density at radius 3 is 2.57 bits per heavy atom. The monoisotopic (exact) mass is 518 g/mol. The van der Waals surface area contributed by atoms with Gasteiger partial charge in [-0.25, -0.2) is 4.79 Å². The number of benzene rings is 3. The fourth-order valence-electron chi connectivity index (χ4n) is 4.98. The minimum atomic E-state index is -0.891. The molecule has 0 spiro atoms. The fourth-order valence-corrected chi connectivity index (χ4v) is 5.16. The van der Waals surface area contributed by atoms with E-state index in [4.69, 9.17) is 25.8 Å². The largest absolute Gasteiger partial charge is 0.491 e. The summed E-state index contributed by atoms with van der Waals surface area (Å²) in [5, 5.41) is 11.0. The molecule has 1 N–H and O–H groups in total. The van der Waals surface area contributed by atoms with Gasteiger partial charge in [0, 0.05) is 23.3 Å². The lowest BCUT2D eigenvalue weighted by Gasteiger charge is -2.20. The van der Waals surface area contributed by atoms with Crippen LogP contribution < -0.4 is 4.74 Å². The van der Waals surface area contributed by atoms with E-state index in [0.717, 1.165) is 11.1 Å². The average Bonchev–Trinajstić information content (AvgIpc) is 3.42. The van der Waals surface area contributed by atoms with Gasteiger partial charge in [0.05, 0.1) is 12.0 Å². The molecule has 3 aromatic rings. The number of carbonyl (C=O) groups excluding carboxylic acids is 2. The van der Waals surface area contributed by atoms with E-state index < -0.39 is 18.2 Å². The van der Waals surface area contributed by atoms with Crippen molar-refractivity contribution in [2.75, 3.05) is 6.61 Å². The lowest BCUT2D eigenvalue weighted by molar-refractivity contribution is -0.141. The number of aliphatic hydroxyl groups is 1. The van der Waals surface area contributed by atoms with Crippen LogP contribution in [0, 0.1) is 11.8 Å². The maximum absolute atomic E-state index is 13.0. The normalized spacial score (nSPS) is 23.5. The molecule has 5 atom stereocenters. The molecule has 1 heterocycles. The van der Waals surface area contributed by atoms with E-state index in [0.29, 0.717) is 22.8 Å². The van der Waals surface area contributed by atoms with E-state index in [1.54, 1.807) is 42.5 Å². The molecule has 7 heteroatoms. The Morgan fingerprint density at radius 1 is 1.05 bits per heavy atom. The lowest BCUT2D eigenvalue weighted by atomic mass is 9.91. The van der Waals surface area contributed by atoms with Crippen molar-refractivity contribution in [1.82, 2.24) is 0 Å². The van der Waals surface area contributed by atoms with Crippen LogP contribution >= 0.6 is 11.6 Å². The van der Waals surface area contributed by atoms with Gasteiger partial charge in [0.15, 0.2) is 0 Å². The number of hydrogen-bond acceptors (Lipinski definition) is 6. The van der Waals surface area contributed by atoms with Crippen LogP contribution in [0.5, 0.6) is 5.75 Å². The van der Waals surface area contributed by atoms with Gasteiger partial charge in [-0.1, -0.05) is 72.3 Å². The Kier molecular flexibility index (Phi) is 7.58. The average molecular weight is 519 g/mol. The van der Waals surface area contributed by atoms with Crippen molar-refractivity contribution in [3.8, 4) is 16.9 Å². The van der Waals surface area contributed by atoms with E-state index in [1.807, 2.05) is 48.5 Å². The molecule has 1 saturated carbocycles. The van der Waals surface area contributed by atoms with Gasteiger partial charge in [0.1, 0.15) is 30.7 Å². The van der Waals surface area contributed by atoms with Gasteiger partial charge in [-0.3, -0.25) is 4.79 Å². The maximum atomic E-state index is 13.0. The van der Waals surface area contributed by atoms with Gasteiger partial charge in [-0.15, -0.1) is 0 Å². The molecular formula is C30H27ClO6. The van der Waals surface area contributed by atoms with Crippen molar-refractivity contribution in [2.45, 2.75) is 31.2 Å². The number of aliphatic hydroxyl groups excluding tert-OH is 1. The van der Waals surface area contributed by atoms with Gasteiger partial charge in [-0.2, -0.15) is 0 Å². The van der Waals surface area contributed by atoms with Crippen molar-refractivity contribution in [3.05, 3.63) is 102 Å². The first-order valence-electron chi connectivity index (χ1n) is 12.3. The van der Waals surface area contributed by atoms with E-state index in [1.165, 1.54) is 0 Å². The highest BCUT2D eigenvalue weighted by molar-refractivity contribution is 6.30. The number of esters is 2. The first-order chi connectivity index (χ1) is 18.0. The van der Waals surface area contributed by atoms with E-state index in [-0.39, 0.29) is 36.9 Å². The van der Waals surface area contributed by atoms with Crippen molar-refractivity contribution in [3.63, 3.8) is 0 Å². The Bertz CT molecular complexity index is 1270. The Morgan fingerprint density at radius 2 is 1.81 bits per heavy atom. The van der Waals surface area contributed by atoms with Crippen LogP contribution in [-0.4, -0.2) is 42.0 Å². The summed E-state index contributed by atoms with van der Waals surface area (Å²) in [6.07, 6.45) is 2.45. The van der Waals surface area contributed by atoms with Gasteiger partial charge in [0.2, 0.25) is 0 Å². The Hall–Kier alpha value is -3.61. The lowest BCUT2D eigenvalue weighted by Crippen LogP contribution is -2.25. The molecule has 1 saturated heterocycles. The minimum absolute atomic E-state index is 0.0330. The summed E-state index contributed by atoms with van der Waals surface area (Å²) in [6.45, 7) is 0.0330. The number of rotatable bonds is 8. The summed E-state index contributed by atoms with van der Waals surface area (Å²) in [7, 11) is 0. The van der Waals surface area contributed by atoms with Gasteiger partial charge in [0.25, 0.3) is 0 Å². The van der Waals surface area contributed by atoms with Crippen LogP contribution in [-0.2, 0) is 14.3 Å². The predicted molar refractivity (Wildman–Crippen MR) is 139 cm³/mol. The zero-order valence-corrected chi connectivity index (χ0v) is 20.8. The van der Waals surface area contributed by atoms with E-state index in [9.17, 15) is 14.7 Å².